The van der Waals surface area contributed by atoms with Gasteiger partial charge in [-0.25, -0.2) is 0 Å². The first-order valence-corrected chi connectivity index (χ1v) is 8.38. The van der Waals surface area contributed by atoms with Crippen LogP contribution in [0.15, 0.2) is 24.3 Å². The Labute approximate surface area is 154 Å². The molecule has 1 fully saturated rings. The van der Waals surface area contributed by atoms with Gasteiger partial charge in [-0.1, -0.05) is 23.7 Å². The zero-order valence-electron chi connectivity index (χ0n) is 14.0. The van der Waals surface area contributed by atoms with Gasteiger partial charge in [0.1, 0.15) is 0 Å². The van der Waals surface area contributed by atoms with Crippen molar-refractivity contribution in [1.82, 2.24) is 10.6 Å². The number of nitrogens with one attached hydrogen (secondary N) is 2. The second kappa shape index (κ2) is 10.9. The average Bonchev–Trinajstić information content (AvgIpc) is 2.58. The van der Waals surface area contributed by atoms with Gasteiger partial charge in [0.2, 0.25) is 5.91 Å². The zero-order chi connectivity index (χ0) is 16.5. The summed E-state index contributed by atoms with van der Waals surface area (Å²) in [5.74, 6) is 0.0524. The van der Waals surface area contributed by atoms with E-state index in [2.05, 4.69) is 10.6 Å². The molecule has 0 saturated carbocycles. The summed E-state index contributed by atoms with van der Waals surface area (Å²) in [6.45, 7) is 3.93. The molecule has 5 nitrogen and oxygen atoms in total. The molecule has 0 unspecified atom stereocenters. The van der Waals surface area contributed by atoms with Crippen molar-refractivity contribution in [2.75, 3.05) is 46.6 Å². The molecule has 2 rings (SSSR count). The van der Waals surface area contributed by atoms with Crippen LogP contribution < -0.4 is 10.6 Å². The Morgan fingerprint density at radius 2 is 2.04 bits per heavy atom. The number of rotatable bonds is 8. The molecule has 1 amide bonds. The van der Waals surface area contributed by atoms with Crippen molar-refractivity contribution in [1.29, 1.82) is 0 Å². The second-order valence-electron chi connectivity index (χ2n) is 5.70. The van der Waals surface area contributed by atoms with Crippen LogP contribution in [0.4, 0.5) is 0 Å². The van der Waals surface area contributed by atoms with Crippen molar-refractivity contribution in [3.8, 4) is 0 Å². The first-order chi connectivity index (χ1) is 11.2. The lowest BCUT2D eigenvalue weighted by molar-refractivity contribution is -0.130. The highest BCUT2D eigenvalue weighted by atomic mass is 35.5. The number of methoxy groups -OCH3 is 1. The van der Waals surface area contributed by atoms with Gasteiger partial charge in [-0.3, -0.25) is 4.79 Å². The molecule has 2 N–H and O–H groups in total. The number of carbonyl (C=O) groups excluding carboxylic acids is 1. The Morgan fingerprint density at radius 1 is 1.29 bits per heavy atom. The monoisotopic (exact) mass is 376 g/mol. The smallest absolute Gasteiger partial charge is 0.230 e. The highest BCUT2D eigenvalue weighted by Crippen LogP contribution is 2.36. The SMILES string of the molecule is COCCNCCNC(=O)C1(c2cccc(Cl)c2)CCOCC1.Cl. The second-order valence-corrected chi connectivity index (χ2v) is 6.14. The predicted octanol–water partition coefficient (Wildman–Crippen LogP) is 2.16. The molecular weight excluding hydrogens is 351 g/mol. The van der Waals surface area contributed by atoms with Crippen LogP contribution in [0.5, 0.6) is 0 Å². The van der Waals surface area contributed by atoms with Gasteiger partial charge in [-0.2, -0.15) is 0 Å². The number of hydrogen-bond acceptors (Lipinski definition) is 4. The topological polar surface area (TPSA) is 59.6 Å². The molecule has 0 aliphatic carbocycles. The lowest BCUT2D eigenvalue weighted by Gasteiger charge is -2.36. The van der Waals surface area contributed by atoms with E-state index < -0.39 is 5.41 Å². The van der Waals surface area contributed by atoms with Gasteiger partial charge in [-0.15, -0.1) is 12.4 Å². The molecule has 0 spiro atoms. The molecule has 1 aromatic carbocycles. The first kappa shape index (κ1) is 21.2. The van der Waals surface area contributed by atoms with E-state index in [-0.39, 0.29) is 18.3 Å². The largest absolute Gasteiger partial charge is 0.383 e. The molecule has 1 saturated heterocycles. The van der Waals surface area contributed by atoms with Crippen molar-refractivity contribution in [3.63, 3.8) is 0 Å². The molecule has 0 radical (unpaired) electrons. The van der Waals surface area contributed by atoms with Crippen molar-refractivity contribution < 1.29 is 14.3 Å². The molecule has 7 heteroatoms. The van der Waals surface area contributed by atoms with Crippen LogP contribution in [-0.4, -0.2) is 52.5 Å². The molecule has 1 aliphatic rings. The Bertz CT molecular complexity index is 508. The Hall–Kier alpha value is -0.850. The van der Waals surface area contributed by atoms with Gasteiger partial charge in [0.15, 0.2) is 0 Å². The van der Waals surface area contributed by atoms with Gasteiger partial charge in [0, 0.05) is 45.0 Å². The van der Waals surface area contributed by atoms with Gasteiger partial charge in [0.25, 0.3) is 0 Å². The highest BCUT2D eigenvalue weighted by molar-refractivity contribution is 6.30. The Balaban J connectivity index is 0.00000288. The van der Waals surface area contributed by atoms with Gasteiger partial charge in [0.05, 0.1) is 12.0 Å². The molecule has 0 atom stereocenters. The van der Waals surface area contributed by atoms with Crippen molar-refractivity contribution in [2.24, 2.45) is 0 Å². The summed E-state index contributed by atoms with van der Waals surface area (Å²) in [6.07, 6.45) is 1.35. The number of halogens is 2. The Morgan fingerprint density at radius 3 is 2.71 bits per heavy atom. The lowest BCUT2D eigenvalue weighted by atomic mass is 9.73. The third-order valence-corrected chi connectivity index (χ3v) is 4.46. The number of benzene rings is 1. The summed E-state index contributed by atoms with van der Waals surface area (Å²) in [4.78, 5) is 12.9. The van der Waals surface area contributed by atoms with Crippen LogP contribution >= 0.6 is 24.0 Å². The van der Waals surface area contributed by atoms with Crippen molar-refractivity contribution >= 4 is 29.9 Å². The third kappa shape index (κ3) is 5.60. The molecule has 1 aromatic rings. The minimum absolute atomic E-state index is 0. The lowest BCUT2D eigenvalue weighted by Crippen LogP contribution is -2.49. The fraction of sp³-hybridized carbons (Fsp3) is 0.588. The maximum Gasteiger partial charge on any atom is 0.230 e. The van der Waals surface area contributed by atoms with Gasteiger partial charge in [-0.05, 0) is 30.5 Å². The minimum Gasteiger partial charge on any atom is -0.383 e. The van der Waals surface area contributed by atoms with Crippen LogP contribution in [0.1, 0.15) is 18.4 Å². The molecular formula is C17H26Cl2N2O3. The van der Waals surface area contributed by atoms with Crippen LogP contribution in [0, 0.1) is 0 Å². The normalized spacial score (nSPS) is 16.2. The maximum atomic E-state index is 12.9. The number of carbonyl (C=O) groups is 1. The summed E-state index contributed by atoms with van der Waals surface area (Å²) in [5, 5.41) is 6.92. The summed E-state index contributed by atoms with van der Waals surface area (Å²) in [7, 11) is 1.67. The molecule has 24 heavy (non-hydrogen) atoms. The molecule has 0 bridgehead atoms. The standard InChI is InChI=1S/C17H25ClN2O3.ClH/c1-22-12-9-19-7-8-20-16(21)17(5-10-23-11-6-17)14-3-2-4-15(18)13-14;/h2-4,13,19H,5-12H2,1H3,(H,20,21);1H. The molecule has 1 heterocycles. The van der Waals surface area contributed by atoms with E-state index in [0.29, 0.717) is 44.2 Å². The van der Waals surface area contributed by atoms with E-state index in [4.69, 9.17) is 21.1 Å². The van der Waals surface area contributed by atoms with E-state index in [0.717, 1.165) is 18.7 Å². The van der Waals surface area contributed by atoms with Crippen LogP contribution in [0.25, 0.3) is 0 Å². The fourth-order valence-corrected chi connectivity index (χ4v) is 3.08. The highest BCUT2D eigenvalue weighted by Gasteiger charge is 2.41. The van der Waals surface area contributed by atoms with Crippen molar-refractivity contribution in [3.05, 3.63) is 34.9 Å². The first-order valence-electron chi connectivity index (χ1n) is 8.01. The average molecular weight is 377 g/mol. The number of hydrogen-bond donors (Lipinski definition) is 2. The van der Waals surface area contributed by atoms with Gasteiger partial charge < -0.3 is 20.1 Å². The van der Waals surface area contributed by atoms with Crippen LogP contribution in [0.3, 0.4) is 0 Å². The molecule has 0 aromatic heterocycles. The summed E-state index contributed by atoms with van der Waals surface area (Å²) in [6, 6.07) is 7.60. The zero-order valence-corrected chi connectivity index (χ0v) is 15.5. The van der Waals surface area contributed by atoms with E-state index >= 15 is 0 Å². The van der Waals surface area contributed by atoms with Crippen molar-refractivity contribution in [2.45, 2.75) is 18.3 Å². The molecule has 1 aliphatic heterocycles. The summed E-state index contributed by atoms with van der Waals surface area (Å²) < 4.78 is 10.4. The molecule has 136 valence electrons. The minimum atomic E-state index is -0.546. The van der Waals surface area contributed by atoms with E-state index in [1.165, 1.54) is 0 Å². The quantitative estimate of drug-likeness (QED) is 0.682. The maximum absolute atomic E-state index is 12.9. The summed E-state index contributed by atoms with van der Waals surface area (Å²) >= 11 is 6.12. The summed E-state index contributed by atoms with van der Waals surface area (Å²) in [5.41, 5.74) is 0.425. The van der Waals surface area contributed by atoms with Gasteiger partial charge >= 0.3 is 0 Å². The number of ether oxygens (including phenoxy) is 2. The van der Waals surface area contributed by atoms with E-state index in [1.807, 2.05) is 24.3 Å². The van der Waals surface area contributed by atoms with Crippen LogP contribution in [0.2, 0.25) is 5.02 Å². The van der Waals surface area contributed by atoms with Crippen LogP contribution in [-0.2, 0) is 19.7 Å². The third-order valence-electron chi connectivity index (χ3n) is 4.23. The fourth-order valence-electron chi connectivity index (χ4n) is 2.89. The predicted molar refractivity (Wildman–Crippen MR) is 98.2 cm³/mol. The Kier molecular flexibility index (Phi) is 9.63. The number of amides is 1. The van der Waals surface area contributed by atoms with E-state index in [1.54, 1.807) is 7.11 Å². The van der Waals surface area contributed by atoms with E-state index in [9.17, 15) is 4.79 Å².